The van der Waals surface area contributed by atoms with E-state index in [4.69, 9.17) is 71.6 Å². The summed E-state index contributed by atoms with van der Waals surface area (Å²) in [6, 6.07) is 24.9. The van der Waals surface area contributed by atoms with E-state index in [1.807, 2.05) is 42.5 Å². The van der Waals surface area contributed by atoms with Crippen LogP contribution in [-0.4, -0.2) is 237 Å². The number of primary amides is 1. The van der Waals surface area contributed by atoms with Crippen molar-refractivity contribution in [2.45, 2.75) is 70.6 Å². The summed E-state index contributed by atoms with van der Waals surface area (Å²) < 4.78 is 50.2. The number of halogens is 2. The van der Waals surface area contributed by atoms with Gasteiger partial charge in [-0.2, -0.15) is 0 Å². The van der Waals surface area contributed by atoms with Gasteiger partial charge in [-0.1, -0.05) is 74.5 Å². The van der Waals surface area contributed by atoms with Gasteiger partial charge in [-0.15, -0.1) is 34.5 Å². The Bertz CT molecular complexity index is 4280. The normalized spacial score (nSPS) is 14.9. The summed E-state index contributed by atoms with van der Waals surface area (Å²) in [6.07, 6.45) is 1.30. The molecule has 3 aliphatic rings. The number of carbonyl (C=O) groups excluding carboxylic acids is 11. The van der Waals surface area contributed by atoms with E-state index in [-0.39, 0.29) is 155 Å². The maximum atomic E-state index is 14.7. The molecular weight excluding hydrogens is 1490 g/mol. The van der Waals surface area contributed by atoms with Crippen molar-refractivity contribution in [3.8, 4) is 11.5 Å². The molecule has 6 N–H and O–H groups in total. The molecule has 4 heterocycles. The van der Waals surface area contributed by atoms with Crippen LogP contribution in [0.3, 0.4) is 0 Å². The number of hydrogen-bond donors (Lipinski definition) is 5. The molecule has 33 heteroatoms. The van der Waals surface area contributed by atoms with E-state index in [1.54, 1.807) is 78.2 Å². The number of urea groups is 1. The quantitative estimate of drug-likeness (QED) is 0.00794. The number of rotatable bonds is 42. The van der Waals surface area contributed by atoms with Gasteiger partial charge in [0.15, 0.2) is 0 Å². The van der Waals surface area contributed by atoms with Crippen LogP contribution in [0.15, 0.2) is 109 Å². The van der Waals surface area contributed by atoms with Crippen molar-refractivity contribution in [1.82, 2.24) is 30.7 Å². The fourth-order valence-corrected chi connectivity index (χ4v) is 13.9. The highest BCUT2D eigenvalue weighted by molar-refractivity contribution is 7.16. The summed E-state index contributed by atoms with van der Waals surface area (Å²) >= 11 is 14.2. The minimum absolute atomic E-state index is 0.0270. The molecular formula is C77H92Cl2N10O20S. The predicted octanol–water partition coefficient (Wildman–Crippen LogP) is 8.07. The van der Waals surface area contributed by atoms with Crippen LogP contribution in [-0.2, 0) is 68.5 Å². The molecule has 1 aromatic heterocycles. The van der Waals surface area contributed by atoms with E-state index in [2.05, 4.69) is 21.3 Å². The molecule has 5 aromatic carbocycles. The minimum Gasteiger partial charge on any atom is -0.445 e. The van der Waals surface area contributed by atoms with Crippen LogP contribution in [0.2, 0.25) is 0 Å². The molecule has 0 saturated carbocycles. The molecule has 0 fully saturated rings. The second kappa shape index (κ2) is 41.8. The van der Waals surface area contributed by atoms with Crippen LogP contribution in [0.1, 0.15) is 87.9 Å². The van der Waals surface area contributed by atoms with Gasteiger partial charge in [-0.3, -0.25) is 43.3 Å². The third-order valence-corrected chi connectivity index (χ3v) is 19.9. The Morgan fingerprint density at radius 2 is 1.06 bits per heavy atom. The fourth-order valence-electron chi connectivity index (χ4n) is 12.4. The third kappa shape index (κ3) is 23.1. The SMILES string of the molecule is CC(=O)Oc1cc2c(c3ccccc13)[C@H](CCl)CN2C(=O)c1ccc(C(=O)N2C[C@@H](CCl)c3c2cc(OC(=O)N(C)CCN(C)C(=O)OCc2ccc(NC(=O)[C@H](CCCNC(N)=O)NC(=O)[C@@H](NC(=O)CCOCCOCCOCCOCCOCCOCCN4C(=O)C=CC4=O)C(C)C)cc2)c2ccccc32)s1. The smallest absolute Gasteiger partial charge is 0.415 e. The van der Waals surface area contributed by atoms with Crippen molar-refractivity contribution >= 4 is 139 Å². The molecule has 0 saturated heterocycles. The van der Waals surface area contributed by atoms with Crippen molar-refractivity contribution in [3.05, 3.63) is 136 Å². The van der Waals surface area contributed by atoms with Gasteiger partial charge in [0.05, 0.1) is 107 Å². The largest absolute Gasteiger partial charge is 0.445 e. The molecule has 0 bridgehead atoms. The van der Waals surface area contributed by atoms with Gasteiger partial charge in [0.1, 0.15) is 30.2 Å². The highest BCUT2D eigenvalue weighted by Crippen LogP contribution is 2.48. The molecule has 110 heavy (non-hydrogen) atoms. The summed E-state index contributed by atoms with van der Waals surface area (Å²) in [6.45, 7) is 8.96. The predicted molar refractivity (Wildman–Crippen MR) is 411 cm³/mol. The van der Waals surface area contributed by atoms with Crippen LogP contribution in [0, 0.1) is 5.92 Å². The minimum atomic E-state index is -1.11. The lowest BCUT2D eigenvalue weighted by Gasteiger charge is -2.25. The van der Waals surface area contributed by atoms with Crippen molar-refractivity contribution < 1.29 is 95.4 Å². The monoisotopic (exact) mass is 1580 g/mol. The standard InChI is InChI=1S/C77H92Cl2N10O20S/c1-48(2)70(84-65(91)24-29-101-31-33-103-35-37-105-39-40-106-38-36-104-34-32-102-30-28-87-66(92)22-23-67(87)93)72(95)83-58(15-10-25-81-75(80)98)71(94)82-53-18-16-50(17-19-53)47-107-76(99)85(4)26-27-86(5)77(100)109-62-42-60-69(57-14-9-7-12-55(57)62)52(44-79)46-89(60)74(97)64-21-20-63(110-64)73(96)88-45-51(43-78)68-56-13-8-6-11-54(56)61(41-59(68)88)108-49(3)90/h6-9,11-14,16-23,41-42,48,51-52,58,70H,10,15,24-40,43-47H2,1-5H3,(H,82,94)(H,83,95)(H,84,91)(H3,80,81,98)/t51-,52-,58+,70+/m1/s1. The van der Waals surface area contributed by atoms with Crippen molar-refractivity contribution in [1.29, 1.82) is 0 Å². The van der Waals surface area contributed by atoms with Gasteiger partial charge >= 0.3 is 24.2 Å². The molecule has 0 unspecified atom stereocenters. The van der Waals surface area contributed by atoms with Gasteiger partial charge in [0.2, 0.25) is 17.7 Å². The highest BCUT2D eigenvalue weighted by atomic mass is 35.5. The van der Waals surface area contributed by atoms with Crippen molar-refractivity contribution in [3.63, 3.8) is 0 Å². The lowest BCUT2D eigenvalue weighted by Crippen LogP contribution is -2.54. The molecule has 11 amide bonds. The van der Waals surface area contributed by atoms with Gasteiger partial charge in [0, 0.05) is 125 Å². The van der Waals surface area contributed by atoms with E-state index in [9.17, 15) is 52.7 Å². The number of anilines is 3. The number of ether oxygens (including phenoxy) is 9. The lowest BCUT2D eigenvalue weighted by molar-refractivity contribution is -0.138. The highest BCUT2D eigenvalue weighted by Gasteiger charge is 2.39. The Kier molecular flexibility index (Phi) is 32.0. The third-order valence-electron chi connectivity index (χ3n) is 18.1. The number of nitrogens with two attached hydrogens (primary N) is 1. The van der Waals surface area contributed by atoms with Crippen molar-refractivity contribution in [2.24, 2.45) is 11.7 Å². The molecule has 30 nitrogen and oxygen atoms in total. The first-order chi connectivity index (χ1) is 53.0. The molecule has 590 valence electrons. The van der Waals surface area contributed by atoms with E-state index in [1.165, 1.54) is 43.0 Å². The molecule has 0 spiro atoms. The topological polar surface area (TPSA) is 361 Å². The zero-order valence-corrected chi connectivity index (χ0v) is 64.2. The van der Waals surface area contributed by atoms with Crippen LogP contribution in [0.4, 0.5) is 31.4 Å². The van der Waals surface area contributed by atoms with E-state index in [0.29, 0.717) is 96.9 Å². The molecule has 9 rings (SSSR count). The number of thiophene rings is 1. The fraction of sp³-hybridized carbons (Fsp3) is 0.442. The Hall–Kier alpha value is -9.83. The molecule has 3 aliphatic heterocycles. The summed E-state index contributed by atoms with van der Waals surface area (Å²) in [7, 11) is 3.03. The number of esters is 1. The average molecular weight is 1580 g/mol. The lowest BCUT2D eigenvalue weighted by atomic mass is 9.95. The first-order valence-corrected chi connectivity index (χ1v) is 37.9. The van der Waals surface area contributed by atoms with E-state index >= 15 is 0 Å². The van der Waals surface area contributed by atoms with Gasteiger partial charge < -0.3 is 89.2 Å². The molecule has 6 aromatic rings. The Morgan fingerprint density at radius 3 is 1.55 bits per heavy atom. The summed E-state index contributed by atoms with van der Waals surface area (Å²) in [4.78, 5) is 151. The maximum Gasteiger partial charge on any atom is 0.415 e. The summed E-state index contributed by atoms with van der Waals surface area (Å²) in [5.74, 6) is -3.60. The second-order valence-corrected chi connectivity index (χ2v) is 28.0. The average Bonchev–Trinajstić information content (AvgIpc) is 1.59. The number of fused-ring (bicyclic) bond motifs is 6. The Labute approximate surface area is 650 Å². The molecule has 0 aliphatic carbocycles. The van der Waals surface area contributed by atoms with Crippen LogP contribution < -0.4 is 46.3 Å². The van der Waals surface area contributed by atoms with Crippen molar-refractivity contribution in [2.75, 3.05) is 160 Å². The first-order valence-electron chi connectivity index (χ1n) is 36.0. The number of likely N-dealkylation sites (N-methyl/N-ethyl adjacent to an activating group) is 2. The number of nitrogens with one attached hydrogen (secondary N) is 4. The number of alkyl halides is 2. The molecule has 0 radical (unpaired) electrons. The van der Waals surface area contributed by atoms with Gasteiger partial charge in [-0.05, 0) is 70.5 Å². The number of benzene rings is 5. The van der Waals surface area contributed by atoms with E-state index < -0.39 is 54.0 Å². The van der Waals surface area contributed by atoms with Crippen LogP contribution in [0.25, 0.3) is 21.5 Å². The zero-order valence-electron chi connectivity index (χ0n) is 61.9. The van der Waals surface area contributed by atoms with Crippen LogP contribution >= 0.6 is 34.5 Å². The summed E-state index contributed by atoms with van der Waals surface area (Å²) in [5, 5.41) is 13.6. The van der Waals surface area contributed by atoms with E-state index in [0.717, 1.165) is 38.1 Å². The number of carbonyl (C=O) groups is 11. The Balaban J connectivity index is 0.686. The summed E-state index contributed by atoms with van der Waals surface area (Å²) in [5.41, 5.74) is 8.90. The number of amides is 11. The number of nitrogens with zero attached hydrogens (tertiary/aromatic N) is 5. The van der Waals surface area contributed by atoms with Crippen LogP contribution in [0.5, 0.6) is 11.5 Å². The first kappa shape index (κ1) is 84.2. The second-order valence-electron chi connectivity index (χ2n) is 26.3. The molecule has 4 atom stereocenters. The van der Waals surface area contributed by atoms with Gasteiger partial charge in [0.25, 0.3) is 23.6 Å². The Morgan fingerprint density at radius 1 is 0.591 bits per heavy atom. The zero-order chi connectivity index (χ0) is 78.8. The number of imide groups is 1. The maximum absolute atomic E-state index is 14.7. The number of hydrogen-bond acceptors (Lipinski definition) is 21. The van der Waals surface area contributed by atoms with Gasteiger partial charge in [-0.25, -0.2) is 14.4 Å².